The summed E-state index contributed by atoms with van der Waals surface area (Å²) in [6, 6.07) is 5.17. The van der Waals surface area contributed by atoms with Gasteiger partial charge in [-0.15, -0.1) is 0 Å². The highest BCUT2D eigenvalue weighted by Gasteiger charge is 2.20. The molecule has 21 heavy (non-hydrogen) atoms. The van der Waals surface area contributed by atoms with Gasteiger partial charge in [0.05, 0.1) is 13.7 Å². The fourth-order valence-corrected chi connectivity index (χ4v) is 1.69. The standard InChI is InChI=1S/C16H26N2O3/c1-5-6-9-21-13-8-7-12(10-14(13)20-4)15(19)18-16(2,3)11-17/h7-8,10H,5-6,9,11,17H2,1-4H3,(H,18,19). The van der Waals surface area contributed by atoms with Crippen LogP contribution in [0, 0.1) is 0 Å². The van der Waals surface area contributed by atoms with Gasteiger partial charge in [0.25, 0.3) is 5.91 Å². The second-order valence-electron chi connectivity index (χ2n) is 5.61. The highest BCUT2D eigenvalue weighted by Crippen LogP contribution is 2.28. The van der Waals surface area contributed by atoms with Crippen molar-refractivity contribution < 1.29 is 14.3 Å². The fourth-order valence-electron chi connectivity index (χ4n) is 1.69. The number of hydrogen-bond donors (Lipinski definition) is 2. The van der Waals surface area contributed by atoms with E-state index in [4.69, 9.17) is 15.2 Å². The van der Waals surface area contributed by atoms with E-state index in [1.54, 1.807) is 25.3 Å². The Bertz CT molecular complexity index is 473. The summed E-state index contributed by atoms with van der Waals surface area (Å²) >= 11 is 0. The summed E-state index contributed by atoms with van der Waals surface area (Å²) in [5.74, 6) is 1.04. The molecule has 5 nitrogen and oxygen atoms in total. The number of ether oxygens (including phenoxy) is 2. The van der Waals surface area contributed by atoms with Crippen molar-refractivity contribution in [3.8, 4) is 11.5 Å². The molecule has 1 amide bonds. The summed E-state index contributed by atoms with van der Waals surface area (Å²) in [7, 11) is 1.56. The van der Waals surface area contributed by atoms with Gasteiger partial charge in [-0.25, -0.2) is 0 Å². The molecule has 0 saturated carbocycles. The van der Waals surface area contributed by atoms with Gasteiger partial charge in [-0.2, -0.15) is 0 Å². The minimum absolute atomic E-state index is 0.177. The van der Waals surface area contributed by atoms with Gasteiger partial charge in [-0.3, -0.25) is 4.79 Å². The molecule has 1 aromatic carbocycles. The monoisotopic (exact) mass is 294 g/mol. The molecule has 0 aliphatic heterocycles. The highest BCUT2D eigenvalue weighted by molar-refractivity contribution is 5.95. The average molecular weight is 294 g/mol. The van der Waals surface area contributed by atoms with E-state index in [2.05, 4.69) is 12.2 Å². The van der Waals surface area contributed by atoms with Gasteiger partial charge in [0.2, 0.25) is 0 Å². The molecule has 5 heteroatoms. The molecular formula is C16H26N2O3. The zero-order valence-corrected chi connectivity index (χ0v) is 13.4. The number of methoxy groups -OCH3 is 1. The van der Waals surface area contributed by atoms with E-state index in [1.165, 1.54) is 0 Å². The molecule has 0 atom stereocenters. The number of nitrogens with one attached hydrogen (secondary N) is 1. The number of carbonyl (C=O) groups is 1. The zero-order chi connectivity index (χ0) is 15.9. The molecule has 0 bridgehead atoms. The minimum Gasteiger partial charge on any atom is -0.493 e. The summed E-state index contributed by atoms with van der Waals surface area (Å²) in [6.07, 6.45) is 2.05. The lowest BCUT2D eigenvalue weighted by atomic mass is 10.1. The molecule has 0 fully saturated rings. The van der Waals surface area contributed by atoms with Crippen LogP contribution < -0.4 is 20.5 Å². The van der Waals surface area contributed by atoms with Gasteiger partial charge in [0.1, 0.15) is 0 Å². The highest BCUT2D eigenvalue weighted by atomic mass is 16.5. The molecule has 0 aromatic heterocycles. The van der Waals surface area contributed by atoms with Crippen molar-refractivity contribution in [3.63, 3.8) is 0 Å². The lowest BCUT2D eigenvalue weighted by Crippen LogP contribution is -2.48. The summed E-state index contributed by atoms with van der Waals surface area (Å²) in [6.45, 7) is 6.87. The molecule has 3 N–H and O–H groups in total. The van der Waals surface area contributed by atoms with Crippen LogP contribution in [0.4, 0.5) is 0 Å². The molecule has 0 spiro atoms. The number of hydrogen-bond acceptors (Lipinski definition) is 4. The number of benzene rings is 1. The van der Waals surface area contributed by atoms with Gasteiger partial charge < -0.3 is 20.5 Å². The van der Waals surface area contributed by atoms with Crippen molar-refractivity contribution in [2.45, 2.75) is 39.2 Å². The molecule has 0 heterocycles. The largest absolute Gasteiger partial charge is 0.493 e. The normalized spacial score (nSPS) is 11.1. The Labute approximate surface area is 126 Å². The van der Waals surface area contributed by atoms with Crippen LogP contribution in [0.25, 0.3) is 0 Å². The minimum atomic E-state index is -0.444. The predicted molar refractivity (Wildman–Crippen MR) is 84.0 cm³/mol. The third kappa shape index (κ3) is 5.27. The van der Waals surface area contributed by atoms with Gasteiger partial charge in [0.15, 0.2) is 11.5 Å². The van der Waals surface area contributed by atoms with E-state index in [9.17, 15) is 4.79 Å². The van der Waals surface area contributed by atoms with E-state index in [-0.39, 0.29) is 5.91 Å². The fraction of sp³-hybridized carbons (Fsp3) is 0.562. The Morgan fingerprint density at radius 3 is 2.62 bits per heavy atom. The molecule has 1 aromatic rings. The van der Waals surface area contributed by atoms with Crippen molar-refractivity contribution in [2.24, 2.45) is 5.73 Å². The number of nitrogens with two attached hydrogens (primary N) is 1. The van der Waals surface area contributed by atoms with Crippen LogP contribution in [-0.2, 0) is 0 Å². The predicted octanol–water partition coefficient (Wildman–Crippen LogP) is 2.34. The molecule has 0 aliphatic rings. The Morgan fingerprint density at radius 1 is 1.33 bits per heavy atom. The van der Waals surface area contributed by atoms with Crippen LogP contribution in [0.2, 0.25) is 0 Å². The Kier molecular flexibility index (Phi) is 6.49. The topological polar surface area (TPSA) is 73.6 Å². The Balaban J connectivity index is 2.83. The van der Waals surface area contributed by atoms with E-state index < -0.39 is 5.54 Å². The molecule has 1 rings (SSSR count). The van der Waals surface area contributed by atoms with Crippen molar-refractivity contribution in [3.05, 3.63) is 23.8 Å². The summed E-state index contributed by atoms with van der Waals surface area (Å²) in [4.78, 5) is 12.2. The summed E-state index contributed by atoms with van der Waals surface area (Å²) in [5.41, 5.74) is 5.70. The zero-order valence-electron chi connectivity index (χ0n) is 13.4. The van der Waals surface area contributed by atoms with Gasteiger partial charge >= 0.3 is 0 Å². The van der Waals surface area contributed by atoms with Gasteiger partial charge in [-0.05, 0) is 38.5 Å². The van der Waals surface area contributed by atoms with E-state index in [1.807, 2.05) is 13.8 Å². The first-order chi connectivity index (χ1) is 9.93. The number of carbonyl (C=O) groups excluding carboxylic acids is 1. The molecular weight excluding hydrogens is 268 g/mol. The summed E-state index contributed by atoms with van der Waals surface area (Å²) < 4.78 is 10.9. The maximum absolute atomic E-state index is 12.2. The van der Waals surface area contributed by atoms with Crippen LogP contribution in [0.5, 0.6) is 11.5 Å². The molecule has 0 saturated heterocycles. The molecule has 0 radical (unpaired) electrons. The number of rotatable bonds is 8. The molecule has 0 aliphatic carbocycles. The smallest absolute Gasteiger partial charge is 0.251 e. The SMILES string of the molecule is CCCCOc1ccc(C(=O)NC(C)(C)CN)cc1OC. The lowest BCUT2D eigenvalue weighted by Gasteiger charge is -2.24. The molecule has 0 unspecified atom stereocenters. The maximum Gasteiger partial charge on any atom is 0.251 e. The average Bonchev–Trinajstić information content (AvgIpc) is 2.47. The summed E-state index contributed by atoms with van der Waals surface area (Å²) in [5, 5.41) is 2.89. The van der Waals surface area contributed by atoms with E-state index in [0.717, 1.165) is 12.8 Å². The van der Waals surface area contributed by atoms with Gasteiger partial charge in [0, 0.05) is 17.6 Å². The second-order valence-corrected chi connectivity index (χ2v) is 5.61. The number of unbranched alkanes of at least 4 members (excludes halogenated alkanes) is 1. The third-order valence-corrected chi connectivity index (χ3v) is 3.14. The first-order valence-corrected chi connectivity index (χ1v) is 7.27. The van der Waals surface area contributed by atoms with Crippen LogP contribution in [0.15, 0.2) is 18.2 Å². The van der Waals surface area contributed by atoms with Crippen molar-refractivity contribution in [1.82, 2.24) is 5.32 Å². The van der Waals surface area contributed by atoms with Crippen molar-refractivity contribution in [1.29, 1.82) is 0 Å². The lowest BCUT2D eigenvalue weighted by molar-refractivity contribution is 0.0915. The van der Waals surface area contributed by atoms with Crippen LogP contribution in [0.1, 0.15) is 44.0 Å². The second kappa shape index (κ2) is 7.88. The first-order valence-electron chi connectivity index (χ1n) is 7.27. The molecule has 118 valence electrons. The van der Waals surface area contributed by atoms with Crippen LogP contribution >= 0.6 is 0 Å². The van der Waals surface area contributed by atoms with E-state index >= 15 is 0 Å². The maximum atomic E-state index is 12.2. The Morgan fingerprint density at radius 2 is 2.05 bits per heavy atom. The third-order valence-electron chi connectivity index (χ3n) is 3.14. The number of amides is 1. The quantitative estimate of drug-likeness (QED) is 0.722. The Hall–Kier alpha value is -1.75. The van der Waals surface area contributed by atoms with Crippen LogP contribution in [0.3, 0.4) is 0 Å². The first kappa shape index (κ1) is 17.3. The van der Waals surface area contributed by atoms with Crippen LogP contribution in [-0.4, -0.2) is 31.7 Å². The van der Waals surface area contributed by atoms with Gasteiger partial charge in [-0.1, -0.05) is 13.3 Å². The van der Waals surface area contributed by atoms with Crippen molar-refractivity contribution >= 4 is 5.91 Å². The van der Waals surface area contributed by atoms with E-state index in [0.29, 0.717) is 30.2 Å². The van der Waals surface area contributed by atoms with Crippen molar-refractivity contribution in [2.75, 3.05) is 20.3 Å².